The molecule has 0 rings (SSSR count). The molecule has 0 fully saturated rings. The predicted octanol–water partition coefficient (Wildman–Crippen LogP) is 20.0. The van der Waals surface area contributed by atoms with Crippen molar-refractivity contribution in [3.8, 4) is 0 Å². The number of carbonyl (C=O) groups is 2. The molecule has 1 N–H and O–H groups in total. The van der Waals surface area contributed by atoms with E-state index in [0.29, 0.717) is 12.8 Å². The van der Waals surface area contributed by atoms with Crippen LogP contribution in [-0.2, 0) is 19.1 Å². The van der Waals surface area contributed by atoms with Crippen LogP contribution in [0.3, 0.4) is 0 Å². The smallest absolute Gasteiger partial charge is 0.306 e. The minimum atomic E-state index is -0.777. The highest BCUT2D eigenvalue weighted by Crippen LogP contribution is 2.17. The van der Waals surface area contributed by atoms with Gasteiger partial charge in [-0.2, -0.15) is 0 Å². The topological polar surface area (TPSA) is 72.8 Å². The van der Waals surface area contributed by atoms with Crippen LogP contribution in [-0.4, -0.2) is 36.4 Å². The van der Waals surface area contributed by atoms with Crippen molar-refractivity contribution in [2.24, 2.45) is 0 Å². The van der Waals surface area contributed by atoms with Crippen molar-refractivity contribution in [1.29, 1.82) is 0 Å². The number of allylic oxidation sites excluding steroid dienone is 12. The summed E-state index contributed by atoms with van der Waals surface area (Å²) < 4.78 is 10.7. The van der Waals surface area contributed by atoms with E-state index in [1.807, 2.05) is 0 Å². The minimum Gasteiger partial charge on any atom is -0.462 e. The second-order valence-corrected chi connectivity index (χ2v) is 19.7. The molecule has 68 heavy (non-hydrogen) atoms. The van der Waals surface area contributed by atoms with Crippen LogP contribution < -0.4 is 0 Å². The van der Waals surface area contributed by atoms with Gasteiger partial charge in [-0.15, -0.1) is 0 Å². The molecule has 0 spiro atoms. The third kappa shape index (κ3) is 55.9. The van der Waals surface area contributed by atoms with Crippen LogP contribution >= 0.6 is 0 Å². The number of hydrogen-bond acceptors (Lipinski definition) is 5. The van der Waals surface area contributed by atoms with E-state index in [1.165, 1.54) is 186 Å². The highest BCUT2D eigenvalue weighted by molar-refractivity contribution is 5.70. The van der Waals surface area contributed by atoms with Crippen LogP contribution in [0.5, 0.6) is 0 Å². The summed E-state index contributed by atoms with van der Waals surface area (Å²) in [7, 11) is 0. The molecular weight excluding hydrogens is 837 g/mol. The Morgan fingerprint density at radius 2 is 0.632 bits per heavy atom. The summed E-state index contributed by atoms with van der Waals surface area (Å²) in [6, 6.07) is 0. The fourth-order valence-corrected chi connectivity index (χ4v) is 8.59. The van der Waals surface area contributed by atoms with Gasteiger partial charge in [0.15, 0.2) is 6.10 Å². The van der Waals surface area contributed by atoms with E-state index < -0.39 is 6.10 Å². The van der Waals surface area contributed by atoms with Gasteiger partial charge in [-0.3, -0.25) is 9.59 Å². The number of ether oxygens (including phenoxy) is 2. The predicted molar refractivity (Wildman–Crippen MR) is 297 cm³/mol. The van der Waals surface area contributed by atoms with Gasteiger partial charge in [0.1, 0.15) is 6.61 Å². The summed E-state index contributed by atoms with van der Waals surface area (Å²) in [5.74, 6) is -0.597. The highest BCUT2D eigenvalue weighted by atomic mass is 16.6. The van der Waals surface area contributed by atoms with Crippen molar-refractivity contribution in [2.75, 3.05) is 13.2 Å². The van der Waals surface area contributed by atoms with Gasteiger partial charge >= 0.3 is 11.9 Å². The lowest BCUT2D eigenvalue weighted by molar-refractivity contribution is -0.161. The fourth-order valence-electron chi connectivity index (χ4n) is 8.59. The SMILES string of the molecule is CC/C=C\C/C=C\C/C=C\C/C=C\CCCCCCCCCCCCCCCCCCCCCCCCCCCCCCC(=O)OC(CO)COC(=O)CCCCCCC/C=C\C/C=C\CCC. The maximum absolute atomic E-state index is 12.3. The van der Waals surface area contributed by atoms with E-state index in [9.17, 15) is 14.7 Å². The van der Waals surface area contributed by atoms with Crippen LogP contribution in [0.25, 0.3) is 0 Å². The van der Waals surface area contributed by atoms with Crippen LogP contribution in [0.2, 0.25) is 0 Å². The van der Waals surface area contributed by atoms with Gasteiger partial charge < -0.3 is 14.6 Å². The Labute approximate surface area is 423 Å². The van der Waals surface area contributed by atoms with Crippen molar-refractivity contribution in [3.05, 3.63) is 72.9 Å². The maximum Gasteiger partial charge on any atom is 0.306 e. The molecule has 5 heteroatoms. The Morgan fingerprint density at radius 1 is 0.353 bits per heavy atom. The second-order valence-electron chi connectivity index (χ2n) is 19.7. The molecule has 0 aromatic carbocycles. The van der Waals surface area contributed by atoms with Crippen molar-refractivity contribution < 1.29 is 24.2 Å². The first-order valence-electron chi connectivity index (χ1n) is 29.5. The molecule has 0 amide bonds. The number of hydrogen-bond donors (Lipinski definition) is 1. The molecule has 0 aliphatic heterocycles. The quantitative estimate of drug-likeness (QED) is 0.0374. The van der Waals surface area contributed by atoms with Crippen molar-refractivity contribution in [1.82, 2.24) is 0 Å². The van der Waals surface area contributed by atoms with Crippen molar-refractivity contribution in [3.63, 3.8) is 0 Å². The lowest BCUT2D eigenvalue weighted by atomic mass is 10.0. The molecule has 0 saturated heterocycles. The molecule has 0 bridgehead atoms. The standard InChI is InChI=1S/C63H112O5/c1-3-5-7-9-11-13-15-17-18-19-20-21-22-23-24-25-26-27-28-29-30-31-32-33-34-35-36-37-38-39-40-41-42-43-44-46-48-50-52-54-56-58-63(66)68-61(59-64)60-67-62(65)57-55-53-51-49-47-45-16-14-12-10-8-6-4-2/h5,7-8,10-11,13-14,16-18,20-21,61,64H,3-4,6,9,12,15,19,22-60H2,1-2H3/b7-5-,10-8-,13-11-,16-14-,18-17-,21-20-. The Bertz CT molecular complexity index is 1210. The summed E-state index contributed by atoms with van der Waals surface area (Å²) in [6.45, 7) is 3.97. The van der Waals surface area contributed by atoms with E-state index in [-0.39, 0.29) is 25.2 Å². The number of esters is 2. The van der Waals surface area contributed by atoms with E-state index in [0.717, 1.165) is 83.5 Å². The van der Waals surface area contributed by atoms with Crippen molar-refractivity contribution >= 4 is 11.9 Å². The molecule has 0 aromatic rings. The van der Waals surface area contributed by atoms with E-state index in [4.69, 9.17) is 9.47 Å². The minimum absolute atomic E-state index is 0.0712. The van der Waals surface area contributed by atoms with Gasteiger partial charge in [-0.25, -0.2) is 0 Å². The van der Waals surface area contributed by atoms with E-state index in [1.54, 1.807) is 0 Å². The highest BCUT2D eigenvalue weighted by Gasteiger charge is 2.16. The van der Waals surface area contributed by atoms with Gasteiger partial charge in [0, 0.05) is 12.8 Å². The largest absolute Gasteiger partial charge is 0.462 e. The Hall–Kier alpha value is -2.66. The first-order valence-corrected chi connectivity index (χ1v) is 29.5. The van der Waals surface area contributed by atoms with Crippen LogP contribution in [0.4, 0.5) is 0 Å². The lowest BCUT2D eigenvalue weighted by Crippen LogP contribution is -2.28. The molecular formula is C63H112O5. The zero-order chi connectivity index (χ0) is 49.2. The number of carbonyl (C=O) groups excluding carboxylic acids is 2. The van der Waals surface area contributed by atoms with Gasteiger partial charge in [0.25, 0.3) is 0 Å². The molecule has 0 heterocycles. The molecule has 0 aromatic heterocycles. The number of rotatable bonds is 54. The average molecular weight is 950 g/mol. The normalized spacial score (nSPS) is 12.7. The monoisotopic (exact) mass is 949 g/mol. The Balaban J connectivity index is 3.37. The zero-order valence-corrected chi connectivity index (χ0v) is 45.1. The van der Waals surface area contributed by atoms with E-state index in [2.05, 4.69) is 86.8 Å². The number of unbranched alkanes of at least 4 members (excludes halogenated alkanes) is 34. The van der Waals surface area contributed by atoms with Crippen LogP contribution in [0.15, 0.2) is 72.9 Å². The molecule has 0 saturated carbocycles. The molecule has 0 aliphatic carbocycles. The van der Waals surface area contributed by atoms with Gasteiger partial charge in [-0.05, 0) is 77.0 Å². The molecule has 0 radical (unpaired) electrons. The van der Waals surface area contributed by atoms with Crippen molar-refractivity contribution in [2.45, 2.75) is 302 Å². The Kier molecular flexibility index (Phi) is 56.4. The molecule has 5 nitrogen and oxygen atoms in total. The summed E-state index contributed by atoms with van der Waals surface area (Å²) in [4.78, 5) is 24.4. The number of aliphatic hydroxyl groups is 1. The summed E-state index contributed by atoms with van der Waals surface area (Å²) in [5.41, 5.74) is 0. The molecule has 1 unspecified atom stereocenters. The maximum atomic E-state index is 12.3. The zero-order valence-electron chi connectivity index (χ0n) is 45.1. The first-order chi connectivity index (χ1) is 33.6. The fraction of sp³-hybridized carbons (Fsp3) is 0.778. The number of aliphatic hydroxyl groups excluding tert-OH is 1. The third-order valence-corrected chi connectivity index (χ3v) is 13.0. The summed E-state index contributed by atoms with van der Waals surface area (Å²) >= 11 is 0. The molecule has 1 atom stereocenters. The second kappa shape index (κ2) is 58.7. The van der Waals surface area contributed by atoms with Crippen LogP contribution in [0, 0.1) is 0 Å². The molecule has 394 valence electrons. The van der Waals surface area contributed by atoms with Crippen LogP contribution in [0.1, 0.15) is 296 Å². The first kappa shape index (κ1) is 65.3. The summed E-state index contributed by atoms with van der Waals surface area (Å²) in [6.07, 6.45) is 80.6. The van der Waals surface area contributed by atoms with Gasteiger partial charge in [0.05, 0.1) is 6.61 Å². The average Bonchev–Trinajstić information content (AvgIpc) is 3.34. The van der Waals surface area contributed by atoms with Gasteiger partial charge in [0.2, 0.25) is 0 Å². The van der Waals surface area contributed by atoms with E-state index >= 15 is 0 Å². The lowest BCUT2D eigenvalue weighted by Gasteiger charge is -2.15. The summed E-state index contributed by atoms with van der Waals surface area (Å²) in [5, 5.41) is 9.62. The molecule has 0 aliphatic rings. The third-order valence-electron chi connectivity index (χ3n) is 13.0. The Morgan fingerprint density at radius 3 is 0.956 bits per heavy atom. The van der Waals surface area contributed by atoms with Gasteiger partial charge in [-0.1, -0.05) is 279 Å².